The number of nitrogens with two attached hydrogens (primary N) is 1. The fourth-order valence-electron chi connectivity index (χ4n) is 1.87. The first-order valence-corrected chi connectivity index (χ1v) is 6.01. The molecule has 0 atom stereocenters. The number of hydrogen-bond donors (Lipinski definition) is 2. The summed E-state index contributed by atoms with van der Waals surface area (Å²) < 4.78 is 11.0. The van der Waals surface area contributed by atoms with Gasteiger partial charge in [-0.05, 0) is 6.07 Å². The quantitative estimate of drug-likeness (QED) is 0.811. The minimum absolute atomic E-state index is 0.556. The molecule has 3 rings (SSSR count). The zero-order valence-electron chi connectivity index (χ0n) is 10.3. The third-order valence-corrected chi connectivity index (χ3v) is 2.82. The van der Waals surface area contributed by atoms with Crippen LogP contribution >= 0.6 is 0 Å². The van der Waals surface area contributed by atoms with E-state index >= 15 is 0 Å². The van der Waals surface area contributed by atoms with Gasteiger partial charge in [-0.15, -0.1) is 0 Å². The molecule has 0 unspecified atom stereocenters. The molecule has 2 aromatic rings. The Morgan fingerprint density at radius 1 is 1.21 bits per heavy atom. The number of benzene rings is 1. The molecule has 19 heavy (non-hydrogen) atoms. The van der Waals surface area contributed by atoms with Gasteiger partial charge in [0.15, 0.2) is 11.5 Å². The lowest BCUT2D eigenvalue weighted by molar-refractivity contribution is 0.172. The Kier molecular flexibility index (Phi) is 3.06. The Morgan fingerprint density at radius 2 is 2.00 bits per heavy atom. The lowest BCUT2D eigenvalue weighted by atomic mass is 10.2. The van der Waals surface area contributed by atoms with Crippen molar-refractivity contribution in [2.45, 2.75) is 6.54 Å². The lowest BCUT2D eigenvalue weighted by Gasteiger charge is -2.20. The van der Waals surface area contributed by atoms with Crippen LogP contribution in [-0.2, 0) is 6.54 Å². The predicted octanol–water partition coefficient (Wildman–Crippen LogP) is 1.44. The van der Waals surface area contributed by atoms with Crippen molar-refractivity contribution in [3.63, 3.8) is 0 Å². The van der Waals surface area contributed by atoms with E-state index in [-0.39, 0.29) is 0 Å². The van der Waals surface area contributed by atoms with Gasteiger partial charge < -0.3 is 20.5 Å². The van der Waals surface area contributed by atoms with Gasteiger partial charge in [0.25, 0.3) is 0 Å². The molecule has 3 N–H and O–H groups in total. The number of anilines is 2. The van der Waals surface area contributed by atoms with Crippen LogP contribution in [0.5, 0.6) is 11.5 Å². The second-order valence-electron chi connectivity index (χ2n) is 4.14. The zero-order valence-corrected chi connectivity index (χ0v) is 10.3. The van der Waals surface area contributed by atoms with Crippen molar-refractivity contribution in [2.75, 3.05) is 24.3 Å². The summed E-state index contributed by atoms with van der Waals surface area (Å²) in [5.74, 6) is 1.40. The molecule has 1 aromatic heterocycles. The van der Waals surface area contributed by atoms with Crippen LogP contribution in [0.15, 0.2) is 30.7 Å². The molecule has 0 radical (unpaired) electrons. The number of ether oxygens (including phenoxy) is 2. The van der Waals surface area contributed by atoms with Crippen molar-refractivity contribution < 1.29 is 9.47 Å². The van der Waals surface area contributed by atoms with Crippen LogP contribution in [0.2, 0.25) is 0 Å². The zero-order chi connectivity index (χ0) is 13.1. The molecule has 0 saturated heterocycles. The van der Waals surface area contributed by atoms with Gasteiger partial charge in [-0.3, -0.25) is 0 Å². The Hall–Kier alpha value is -2.50. The van der Waals surface area contributed by atoms with Gasteiger partial charge in [0.05, 0.1) is 23.6 Å². The maximum absolute atomic E-state index is 5.98. The second kappa shape index (κ2) is 5.01. The highest BCUT2D eigenvalue weighted by molar-refractivity contribution is 5.72. The summed E-state index contributed by atoms with van der Waals surface area (Å²) in [4.78, 5) is 8.02. The van der Waals surface area contributed by atoms with Crippen LogP contribution < -0.4 is 20.5 Å². The SMILES string of the molecule is Nc1cc2c(cc1NCc1ccncn1)OCCO2. The average Bonchev–Trinajstić information content (AvgIpc) is 2.46. The highest BCUT2D eigenvalue weighted by Crippen LogP contribution is 2.36. The van der Waals surface area contributed by atoms with E-state index in [4.69, 9.17) is 15.2 Å². The van der Waals surface area contributed by atoms with Crippen molar-refractivity contribution in [2.24, 2.45) is 0 Å². The summed E-state index contributed by atoms with van der Waals surface area (Å²) in [7, 11) is 0. The first-order valence-electron chi connectivity index (χ1n) is 6.01. The predicted molar refractivity (Wildman–Crippen MR) is 71.2 cm³/mol. The number of nitrogen functional groups attached to an aromatic ring is 1. The summed E-state index contributed by atoms with van der Waals surface area (Å²) >= 11 is 0. The van der Waals surface area contributed by atoms with Gasteiger partial charge in [-0.2, -0.15) is 0 Å². The van der Waals surface area contributed by atoms with E-state index in [1.165, 1.54) is 6.33 Å². The smallest absolute Gasteiger partial charge is 0.163 e. The minimum Gasteiger partial charge on any atom is -0.486 e. The third-order valence-electron chi connectivity index (χ3n) is 2.82. The van der Waals surface area contributed by atoms with Crippen LogP contribution in [0.4, 0.5) is 11.4 Å². The van der Waals surface area contributed by atoms with E-state index in [1.54, 1.807) is 12.3 Å². The number of fused-ring (bicyclic) bond motifs is 1. The molecule has 0 aliphatic carbocycles. The molecule has 6 nitrogen and oxygen atoms in total. The summed E-state index contributed by atoms with van der Waals surface area (Å²) in [6, 6.07) is 5.48. The van der Waals surface area contributed by atoms with E-state index in [9.17, 15) is 0 Å². The number of hydrogen-bond acceptors (Lipinski definition) is 6. The molecule has 0 spiro atoms. The molecule has 2 heterocycles. The van der Waals surface area contributed by atoms with Crippen LogP contribution in [0, 0.1) is 0 Å². The molecule has 1 aliphatic rings. The Bertz CT molecular complexity index is 574. The van der Waals surface area contributed by atoms with E-state index in [0.29, 0.717) is 36.9 Å². The third kappa shape index (κ3) is 2.52. The number of aromatic nitrogens is 2. The maximum atomic E-state index is 5.98. The summed E-state index contributed by atoms with van der Waals surface area (Å²) in [5.41, 5.74) is 8.30. The fourth-order valence-corrected chi connectivity index (χ4v) is 1.87. The van der Waals surface area contributed by atoms with Gasteiger partial charge in [0, 0.05) is 18.3 Å². The summed E-state index contributed by atoms with van der Waals surface area (Å²) in [6.45, 7) is 1.69. The van der Waals surface area contributed by atoms with Crippen molar-refractivity contribution in [1.82, 2.24) is 9.97 Å². The van der Waals surface area contributed by atoms with Crippen molar-refractivity contribution >= 4 is 11.4 Å². The Balaban J connectivity index is 1.77. The number of rotatable bonds is 3. The molecule has 0 amide bonds. The van der Waals surface area contributed by atoms with E-state index in [2.05, 4.69) is 15.3 Å². The van der Waals surface area contributed by atoms with Crippen molar-refractivity contribution in [1.29, 1.82) is 0 Å². The monoisotopic (exact) mass is 258 g/mol. The topological polar surface area (TPSA) is 82.3 Å². The molecule has 6 heteroatoms. The number of nitrogens with one attached hydrogen (secondary N) is 1. The van der Waals surface area contributed by atoms with Gasteiger partial charge in [0.2, 0.25) is 0 Å². The molecule has 0 bridgehead atoms. The Labute approximate surface area is 110 Å². The van der Waals surface area contributed by atoms with Crippen molar-refractivity contribution in [3.05, 3.63) is 36.4 Å². The number of nitrogens with zero attached hydrogens (tertiary/aromatic N) is 2. The molecular weight excluding hydrogens is 244 g/mol. The maximum Gasteiger partial charge on any atom is 0.163 e. The molecule has 1 aromatic carbocycles. The normalized spacial score (nSPS) is 13.1. The fraction of sp³-hybridized carbons (Fsp3) is 0.231. The molecule has 1 aliphatic heterocycles. The highest BCUT2D eigenvalue weighted by Gasteiger charge is 2.14. The largest absolute Gasteiger partial charge is 0.486 e. The second-order valence-corrected chi connectivity index (χ2v) is 4.14. The highest BCUT2D eigenvalue weighted by atomic mass is 16.6. The van der Waals surface area contributed by atoms with Crippen LogP contribution in [0.3, 0.4) is 0 Å². The first-order chi connectivity index (χ1) is 9.33. The average molecular weight is 258 g/mol. The van der Waals surface area contributed by atoms with E-state index < -0.39 is 0 Å². The van der Waals surface area contributed by atoms with Crippen LogP contribution in [0.25, 0.3) is 0 Å². The summed E-state index contributed by atoms with van der Waals surface area (Å²) in [6.07, 6.45) is 3.22. The van der Waals surface area contributed by atoms with Gasteiger partial charge in [0.1, 0.15) is 19.5 Å². The van der Waals surface area contributed by atoms with E-state index in [0.717, 1.165) is 11.4 Å². The molecule has 0 fully saturated rings. The van der Waals surface area contributed by atoms with Gasteiger partial charge in [-0.1, -0.05) is 0 Å². The molecular formula is C13H14N4O2. The van der Waals surface area contributed by atoms with Gasteiger partial charge >= 0.3 is 0 Å². The minimum atomic E-state index is 0.556. The summed E-state index contributed by atoms with van der Waals surface area (Å²) in [5, 5.41) is 3.23. The van der Waals surface area contributed by atoms with Gasteiger partial charge in [-0.25, -0.2) is 9.97 Å². The molecule has 0 saturated carbocycles. The van der Waals surface area contributed by atoms with Crippen LogP contribution in [0.1, 0.15) is 5.69 Å². The standard InChI is InChI=1S/C13H14N4O2/c14-10-5-12-13(19-4-3-18-12)6-11(10)16-7-9-1-2-15-8-17-9/h1-2,5-6,8,16H,3-4,7,14H2. The van der Waals surface area contributed by atoms with Crippen molar-refractivity contribution in [3.8, 4) is 11.5 Å². The Morgan fingerprint density at radius 3 is 2.74 bits per heavy atom. The van der Waals surface area contributed by atoms with Crippen LogP contribution in [-0.4, -0.2) is 23.2 Å². The van der Waals surface area contributed by atoms with E-state index in [1.807, 2.05) is 12.1 Å². The lowest BCUT2D eigenvalue weighted by Crippen LogP contribution is -2.16. The first kappa shape index (κ1) is 11.6. The molecule has 98 valence electrons.